The number of nitrogens with zero attached hydrogens (tertiary/aromatic N) is 4. The van der Waals surface area contributed by atoms with Crippen molar-refractivity contribution in [1.82, 2.24) is 20.1 Å². The van der Waals surface area contributed by atoms with Crippen molar-refractivity contribution >= 4 is 5.91 Å². The minimum atomic E-state index is -0.130. The Morgan fingerprint density at radius 1 is 0.969 bits per heavy atom. The average molecular weight is 434 g/mol. The van der Waals surface area contributed by atoms with Crippen LogP contribution in [0.25, 0.3) is 0 Å². The van der Waals surface area contributed by atoms with Gasteiger partial charge in [-0.15, -0.1) is 0 Å². The number of likely N-dealkylation sites (tertiary alicyclic amines) is 1. The van der Waals surface area contributed by atoms with E-state index in [0.29, 0.717) is 36.0 Å². The van der Waals surface area contributed by atoms with E-state index in [1.165, 1.54) is 6.20 Å². The molecule has 32 heavy (non-hydrogen) atoms. The van der Waals surface area contributed by atoms with Gasteiger partial charge in [0.2, 0.25) is 0 Å². The Balaban J connectivity index is 1.44. The van der Waals surface area contributed by atoms with Crippen molar-refractivity contribution in [2.45, 2.75) is 25.7 Å². The van der Waals surface area contributed by atoms with Crippen LogP contribution in [-0.4, -0.2) is 53.3 Å². The predicted molar refractivity (Wildman–Crippen MR) is 119 cm³/mol. The summed E-state index contributed by atoms with van der Waals surface area (Å²) in [4.78, 5) is 19.2. The van der Waals surface area contributed by atoms with E-state index in [9.17, 15) is 4.79 Å². The Kier molecular flexibility index (Phi) is 6.49. The van der Waals surface area contributed by atoms with Gasteiger partial charge in [-0.25, -0.2) is 4.98 Å². The average Bonchev–Trinajstić information content (AvgIpc) is 2.84. The Morgan fingerprint density at radius 3 is 2.38 bits per heavy atom. The summed E-state index contributed by atoms with van der Waals surface area (Å²) in [7, 11) is 3.19. The molecule has 1 aromatic carbocycles. The fourth-order valence-electron chi connectivity index (χ4n) is 3.83. The number of hydrogen-bond acceptors (Lipinski definition) is 7. The second-order valence-corrected chi connectivity index (χ2v) is 7.64. The molecule has 166 valence electrons. The third kappa shape index (κ3) is 4.64. The molecule has 0 N–H and O–H groups in total. The molecule has 8 nitrogen and oxygen atoms in total. The minimum absolute atomic E-state index is 0.130. The molecule has 4 rings (SSSR count). The maximum atomic E-state index is 13.1. The van der Waals surface area contributed by atoms with Crippen LogP contribution in [0.15, 0.2) is 48.7 Å². The first kappa shape index (κ1) is 21.5. The van der Waals surface area contributed by atoms with E-state index in [1.54, 1.807) is 20.3 Å². The highest BCUT2D eigenvalue weighted by Crippen LogP contribution is 2.34. The summed E-state index contributed by atoms with van der Waals surface area (Å²) in [6.45, 7) is 3.10. The van der Waals surface area contributed by atoms with Crippen molar-refractivity contribution in [2.24, 2.45) is 0 Å². The van der Waals surface area contributed by atoms with Crippen molar-refractivity contribution in [3.05, 3.63) is 65.7 Å². The number of benzene rings is 1. The van der Waals surface area contributed by atoms with Crippen LogP contribution in [0.3, 0.4) is 0 Å². The molecule has 1 aliphatic rings. The zero-order valence-electron chi connectivity index (χ0n) is 18.4. The minimum Gasteiger partial charge on any atom is -0.495 e. The lowest BCUT2D eigenvalue weighted by Crippen LogP contribution is -2.38. The van der Waals surface area contributed by atoms with E-state index in [2.05, 4.69) is 15.2 Å². The van der Waals surface area contributed by atoms with E-state index in [0.717, 1.165) is 30.0 Å². The van der Waals surface area contributed by atoms with Gasteiger partial charge in [0.1, 0.15) is 22.9 Å². The van der Waals surface area contributed by atoms with Crippen LogP contribution in [0, 0.1) is 6.92 Å². The number of methoxy groups -OCH3 is 2. The van der Waals surface area contributed by atoms with Gasteiger partial charge in [0.05, 0.1) is 26.1 Å². The van der Waals surface area contributed by atoms with Crippen molar-refractivity contribution in [3.8, 4) is 23.0 Å². The van der Waals surface area contributed by atoms with Gasteiger partial charge in [-0.3, -0.25) is 4.79 Å². The third-order valence-corrected chi connectivity index (χ3v) is 5.54. The Labute approximate surface area is 187 Å². The molecule has 1 fully saturated rings. The number of aryl methyl sites for hydroxylation is 1. The first-order chi connectivity index (χ1) is 15.6. The SMILES string of the molecule is COc1cc(C(=O)N2CCC(c3nnc(C)cc3OC)CC2)ncc1Oc1ccccc1. The van der Waals surface area contributed by atoms with Gasteiger partial charge < -0.3 is 19.1 Å². The maximum Gasteiger partial charge on any atom is 0.272 e. The zero-order valence-corrected chi connectivity index (χ0v) is 18.4. The molecule has 0 unspecified atom stereocenters. The Hall–Kier alpha value is -3.68. The summed E-state index contributed by atoms with van der Waals surface area (Å²) < 4.78 is 16.8. The lowest BCUT2D eigenvalue weighted by atomic mass is 9.92. The number of aromatic nitrogens is 3. The van der Waals surface area contributed by atoms with Crippen molar-refractivity contribution in [2.75, 3.05) is 27.3 Å². The number of carbonyl (C=O) groups is 1. The summed E-state index contributed by atoms with van der Waals surface area (Å²) in [5.41, 5.74) is 2.00. The fraction of sp³-hybridized carbons (Fsp3) is 0.333. The van der Waals surface area contributed by atoms with Crippen LogP contribution in [0.5, 0.6) is 23.0 Å². The van der Waals surface area contributed by atoms with Crippen molar-refractivity contribution in [3.63, 3.8) is 0 Å². The molecule has 3 aromatic rings. The lowest BCUT2D eigenvalue weighted by Gasteiger charge is -2.31. The summed E-state index contributed by atoms with van der Waals surface area (Å²) >= 11 is 0. The number of amides is 1. The van der Waals surface area contributed by atoms with Gasteiger partial charge in [0, 0.05) is 31.1 Å². The van der Waals surface area contributed by atoms with Crippen LogP contribution in [0.4, 0.5) is 0 Å². The molecule has 3 heterocycles. The first-order valence-electron chi connectivity index (χ1n) is 10.5. The highest BCUT2D eigenvalue weighted by atomic mass is 16.5. The Bertz CT molecular complexity index is 1080. The predicted octanol–water partition coefficient (Wildman–Crippen LogP) is 4.01. The topological polar surface area (TPSA) is 86.7 Å². The second-order valence-electron chi connectivity index (χ2n) is 7.64. The number of hydrogen-bond donors (Lipinski definition) is 0. The number of para-hydroxylation sites is 1. The summed E-state index contributed by atoms with van der Waals surface area (Å²) in [6, 6.07) is 12.9. The summed E-state index contributed by atoms with van der Waals surface area (Å²) in [5.74, 6) is 2.41. The largest absolute Gasteiger partial charge is 0.495 e. The highest BCUT2D eigenvalue weighted by Gasteiger charge is 2.28. The van der Waals surface area contributed by atoms with Crippen LogP contribution in [-0.2, 0) is 0 Å². The lowest BCUT2D eigenvalue weighted by molar-refractivity contribution is 0.0705. The molecule has 0 radical (unpaired) electrons. The van der Waals surface area contributed by atoms with Gasteiger partial charge >= 0.3 is 0 Å². The smallest absolute Gasteiger partial charge is 0.272 e. The molecule has 0 bridgehead atoms. The monoisotopic (exact) mass is 434 g/mol. The standard InChI is InChI=1S/C24H26N4O4/c1-16-13-21(31-3)23(27-26-16)17-9-11-28(12-10-17)24(29)19-14-20(30-2)22(15-25-19)32-18-7-5-4-6-8-18/h4-8,13-15,17H,9-12H2,1-3H3. The molecular formula is C24H26N4O4. The van der Waals surface area contributed by atoms with Crippen LogP contribution in [0.2, 0.25) is 0 Å². The van der Waals surface area contributed by atoms with Gasteiger partial charge in [-0.1, -0.05) is 18.2 Å². The van der Waals surface area contributed by atoms with E-state index in [-0.39, 0.29) is 11.8 Å². The molecule has 2 aromatic heterocycles. The molecule has 1 aliphatic heterocycles. The van der Waals surface area contributed by atoms with Gasteiger partial charge in [-0.05, 0) is 31.9 Å². The number of rotatable bonds is 6. The van der Waals surface area contributed by atoms with E-state index < -0.39 is 0 Å². The van der Waals surface area contributed by atoms with E-state index >= 15 is 0 Å². The molecule has 0 saturated carbocycles. The second kappa shape index (κ2) is 9.64. The molecule has 0 aliphatic carbocycles. The highest BCUT2D eigenvalue weighted by molar-refractivity contribution is 5.93. The summed E-state index contributed by atoms with van der Waals surface area (Å²) in [6.07, 6.45) is 3.09. The van der Waals surface area contributed by atoms with Crippen LogP contribution in [0.1, 0.15) is 40.6 Å². The van der Waals surface area contributed by atoms with Crippen LogP contribution < -0.4 is 14.2 Å². The third-order valence-electron chi connectivity index (χ3n) is 5.54. The normalized spacial score (nSPS) is 14.2. The number of piperidine rings is 1. The molecular weight excluding hydrogens is 408 g/mol. The molecule has 1 saturated heterocycles. The Morgan fingerprint density at radius 2 is 1.69 bits per heavy atom. The van der Waals surface area contributed by atoms with Gasteiger partial charge in [0.15, 0.2) is 11.5 Å². The van der Waals surface area contributed by atoms with Crippen LogP contribution >= 0.6 is 0 Å². The first-order valence-corrected chi connectivity index (χ1v) is 10.5. The number of carbonyl (C=O) groups excluding carboxylic acids is 1. The van der Waals surface area contributed by atoms with Crippen molar-refractivity contribution < 1.29 is 19.0 Å². The molecule has 1 amide bonds. The maximum absolute atomic E-state index is 13.1. The van der Waals surface area contributed by atoms with Crippen molar-refractivity contribution in [1.29, 1.82) is 0 Å². The van der Waals surface area contributed by atoms with Gasteiger partial charge in [0.25, 0.3) is 5.91 Å². The molecule has 0 spiro atoms. The number of ether oxygens (including phenoxy) is 3. The summed E-state index contributed by atoms with van der Waals surface area (Å²) in [5, 5.41) is 8.52. The van der Waals surface area contributed by atoms with E-state index in [4.69, 9.17) is 14.2 Å². The zero-order chi connectivity index (χ0) is 22.5. The quantitative estimate of drug-likeness (QED) is 0.579. The molecule has 8 heteroatoms. The fourth-order valence-corrected chi connectivity index (χ4v) is 3.83. The van der Waals surface area contributed by atoms with E-state index in [1.807, 2.05) is 48.2 Å². The molecule has 0 atom stereocenters. The van der Waals surface area contributed by atoms with Gasteiger partial charge in [-0.2, -0.15) is 10.2 Å². The number of pyridine rings is 1.